The Kier molecular flexibility index (Phi) is 7.87. The number of carbonyl (C=O) groups excluding carboxylic acids is 1. The van der Waals surface area contributed by atoms with Gasteiger partial charge in [-0.3, -0.25) is 4.79 Å². The lowest BCUT2D eigenvalue weighted by atomic mass is 9.78. The van der Waals surface area contributed by atoms with Crippen molar-refractivity contribution in [2.45, 2.75) is 51.4 Å². The van der Waals surface area contributed by atoms with Crippen molar-refractivity contribution in [1.29, 1.82) is 0 Å². The molecule has 0 amide bonds. The van der Waals surface area contributed by atoms with Gasteiger partial charge < -0.3 is 24.8 Å². The predicted octanol–water partition coefficient (Wildman–Crippen LogP) is 8.04. The average Bonchev–Trinajstić information content (AvgIpc) is 3.18. The molecule has 1 aliphatic carbocycles. The summed E-state index contributed by atoms with van der Waals surface area (Å²) in [5.41, 5.74) is 6.84. The molecule has 0 radical (unpaired) electrons. The van der Waals surface area contributed by atoms with Crippen LogP contribution in [-0.4, -0.2) is 19.0 Å². The summed E-state index contributed by atoms with van der Waals surface area (Å²) in [6.45, 7) is 4.49. The van der Waals surface area contributed by atoms with Crippen molar-refractivity contribution in [2.75, 3.05) is 17.7 Å². The number of nitrogens with one attached hydrogen (secondary N) is 2. The van der Waals surface area contributed by atoms with Crippen molar-refractivity contribution in [2.24, 2.45) is 0 Å². The predicted molar refractivity (Wildman–Crippen MR) is 166 cm³/mol. The molecule has 0 saturated carbocycles. The number of carbonyl (C=O) groups is 1. The summed E-state index contributed by atoms with van der Waals surface area (Å²) in [7, 11) is 1.65. The van der Waals surface area contributed by atoms with Crippen molar-refractivity contribution in [3.63, 3.8) is 0 Å². The molecule has 0 bridgehead atoms. The van der Waals surface area contributed by atoms with Gasteiger partial charge >= 0.3 is 0 Å². The molecule has 4 aromatic rings. The van der Waals surface area contributed by atoms with Crippen LogP contribution in [0.25, 0.3) is 0 Å². The minimum absolute atomic E-state index is 0.0189. The number of ketones is 1. The molecule has 2 N–H and O–H groups in total. The number of anilines is 2. The molecule has 0 fully saturated rings. The zero-order chi connectivity index (χ0) is 29.1. The molecule has 1 aliphatic heterocycles. The molecule has 1 heterocycles. The second-order valence-electron chi connectivity index (χ2n) is 11.1. The van der Waals surface area contributed by atoms with Crippen LogP contribution in [0.3, 0.4) is 0 Å². The number of para-hydroxylation sites is 2. The van der Waals surface area contributed by atoms with Crippen LogP contribution in [0, 0.1) is 0 Å². The van der Waals surface area contributed by atoms with Gasteiger partial charge in [-0.15, -0.1) is 0 Å². The Morgan fingerprint density at radius 1 is 0.810 bits per heavy atom. The van der Waals surface area contributed by atoms with Crippen LogP contribution in [-0.2, 0) is 11.4 Å². The number of hydrogen-bond acceptors (Lipinski definition) is 6. The zero-order valence-electron chi connectivity index (χ0n) is 24.2. The summed E-state index contributed by atoms with van der Waals surface area (Å²) in [5, 5.41) is 7.29. The standard InChI is InChI=1S/C36H36N2O4/c1-23(2)42-33-18-15-26(21-34(33)40-3)27-19-31-35(32(39)20-27)36(38-30-12-8-7-11-29(30)37-31)25-13-16-28(17-14-25)41-22-24-9-5-4-6-10-24/h4-18,21,23,27,36-38H,19-20,22H2,1-3H3. The molecule has 2 unspecified atom stereocenters. The average molecular weight is 561 g/mol. The Labute approximate surface area is 247 Å². The van der Waals surface area contributed by atoms with Crippen LogP contribution < -0.4 is 24.8 Å². The van der Waals surface area contributed by atoms with Crippen molar-refractivity contribution >= 4 is 17.2 Å². The van der Waals surface area contributed by atoms with E-state index in [0.29, 0.717) is 30.9 Å². The number of allylic oxidation sites excluding steroid dienone is 1. The Morgan fingerprint density at radius 3 is 2.26 bits per heavy atom. The normalized spacial score (nSPS) is 17.9. The van der Waals surface area contributed by atoms with E-state index in [1.165, 1.54) is 0 Å². The fraction of sp³-hybridized carbons (Fsp3) is 0.250. The lowest BCUT2D eigenvalue weighted by molar-refractivity contribution is -0.116. The van der Waals surface area contributed by atoms with E-state index in [0.717, 1.165) is 45.1 Å². The summed E-state index contributed by atoms with van der Waals surface area (Å²) >= 11 is 0. The third kappa shape index (κ3) is 5.84. The first-order chi connectivity index (χ1) is 20.5. The van der Waals surface area contributed by atoms with Crippen LogP contribution in [0.4, 0.5) is 11.4 Å². The minimum atomic E-state index is -0.288. The maximum Gasteiger partial charge on any atom is 0.163 e. The second kappa shape index (κ2) is 12.0. The molecule has 0 saturated heterocycles. The van der Waals surface area contributed by atoms with Crippen LogP contribution in [0.15, 0.2) is 108 Å². The zero-order valence-corrected chi connectivity index (χ0v) is 24.2. The largest absolute Gasteiger partial charge is 0.493 e. The van der Waals surface area contributed by atoms with Gasteiger partial charge in [-0.25, -0.2) is 0 Å². The fourth-order valence-corrected chi connectivity index (χ4v) is 5.76. The number of fused-ring (bicyclic) bond motifs is 1. The van der Waals surface area contributed by atoms with Gasteiger partial charge in [-0.05, 0) is 79.3 Å². The summed E-state index contributed by atoms with van der Waals surface area (Å²) in [6.07, 6.45) is 1.16. The highest BCUT2D eigenvalue weighted by atomic mass is 16.5. The topological polar surface area (TPSA) is 68.8 Å². The van der Waals surface area contributed by atoms with E-state index in [1.807, 2.05) is 105 Å². The summed E-state index contributed by atoms with van der Waals surface area (Å²) in [6, 6.07) is 32.0. The third-order valence-corrected chi connectivity index (χ3v) is 7.79. The maximum absolute atomic E-state index is 14.0. The van der Waals surface area contributed by atoms with Gasteiger partial charge in [0.15, 0.2) is 17.3 Å². The van der Waals surface area contributed by atoms with Gasteiger partial charge in [0.25, 0.3) is 0 Å². The van der Waals surface area contributed by atoms with Gasteiger partial charge in [-0.1, -0.05) is 60.7 Å². The lowest BCUT2D eigenvalue weighted by Crippen LogP contribution is -2.26. The number of benzene rings is 4. The number of ether oxygens (including phenoxy) is 3. The van der Waals surface area contributed by atoms with E-state index in [1.54, 1.807) is 7.11 Å². The van der Waals surface area contributed by atoms with E-state index < -0.39 is 0 Å². The van der Waals surface area contributed by atoms with Gasteiger partial charge in [0.05, 0.1) is 30.6 Å². The molecule has 6 heteroatoms. The van der Waals surface area contributed by atoms with Crippen LogP contribution in [0.2, 0.25) is 0 Å². The minimum Gasteiger partial charge on any atom is -0.493 e. The number of hydrogen-bond donors (Lipinski definition) is 2. The lowest BCUT2D eigenvalue weighted by Gasteiger charge is -2.30. The highest BCUT2D eigenvalue weighted by molar-refractivity contribution is 6.01. The molecule has 2 aliphatic rings. The maximum atomic E-state index is 14.0. The summed E-state index contributed by atoms with van der Waals surface area (Å²) < 4.78 is 17.6. The molecule has 42 heavy (non-hydrogen) atoms. The molecule has 0 spiro atoms. The molecular weight excluding hydrogens is 524 g/mol. The fourth-order valence-electron chi connectivity index (χ4n) is 5.76. The van der Waals surface area contributed by atoms with Crippen LogP contribution in [0.5, 0.6) is 17.2 Å². The first kappa shape index (κ1) is 27.5. The quantitative estimate of drug-likeness (QED) is 0.227. The molecule has 4 aromatic carbocycles. The van der Waals surface area contributed by atoms with E-state index in [-0.39, 0.29) is 23.8 Å². The Balaban J connectivity index is 1.30. The molecule has 6 rings (SSSR count). The van der Waals surface area contributed by atoms with Crippen molar-refractivity contribution < 1.29 is 19.0 Å². The van der Waals surface area contributed by atoms with E-state index in [9.17, 15) is 4.79 Å². The number of rotatable bonds is 8. The van der Waals surface area contributed by atoms with Crippen LogP contribution >= 0.6 is 0 Å². The number of methoxy groups -OCH3 is 1. The Morgan fingerprint density at radius 2 is 1.52 bits per heavy atom. The number of Topliss-reactive ketones (excluding diaryl/α,β-unsaturated/α-hetero) is 1. The second-order valence-corrected chi connectivity index (χ2v) is 11.1. The van der Waals surface area contributed by atoms with E-state index >= 15 is 0 Å². The summed E-state index contributed by atoms with van der Waals surface area (Å²) in [4.78, 5) is 14.0. The van der Waals surface area contributed by atoms with Crippen molar-refractivity contribution in [3.8, 4) is 17.2 Å². The Bertz CT molecular complexity index is 1590. The highest BCUT2D eigenvalue weighted by Crippen LogP contribution is 2.45. The molecule has 6 nitrogen and oxygen atoms in total. The monoisotopic (exact) mass is 560 g/mol. The molecule has 214 valence electrons. The molecular formula is C36H36N2O4. The SMILES string of the molecule is COc1cc(C2CC(=O)C3=C(C2)Nc2ccccc2NC3c2ccc(OCc3ccccc3)cc2)ccc1OC(C)C. The first-order valence-electron chi connectivity index (χ1n) is 14.5. The van der Waals surface area contributed by atoms with Crippen molar-refractivity contribution in [1.82, 2.24) is 0 Å². The molecule has 2 atom stereocenters. The molecule has 0 aromatic heterocycles. The van der Waals surface area contributed by atoms with E-state index in [2.05, 4.69) is 16.7 Å². The highest BCUT2D eigenvalue weighted by Gasteiger charge is 2.36. The Hall–Kier alpha value is -4.71. The van der Waals surface area contributed by atoms with Crippen LogP contribution in [0.1, 0.15) is 55.3 Å². The third-order valence-electron chi connectivity index (χ3n) is 7.79. The van der Waals surface area contributed by atoms with Gasteiger partial charge in [0.2, 0.25) is 0 Å². The van der Waals surface area contributed by atoms with Crippen molar-refractivity contribution in [3.05, 3.63) is 125 Å². The summed E-state index contributed by atoms with van der Waals surface area (Å²) in [5.74, 6) is 2.33. The van der Waals surface area contributed by atoms with Gasteiger partial charge in [0, 0.05) is 17.7 Å². The first-order valence-corrected chi connectivity index (χ1v) is 14.5. The smallest absolute Gasteiger partial charge is 0.163 e. The van der Waals surface area contributed by atoms with E-state index in [4.69, 9.17) is 14.2 Å². The van der Waals surface area contributed by atoms with Gasteiger partial charge in [0.1, 0.15) is 12.4 Å². The van der Waals surface area contributed by atoms with Gasteiger partial charge in [-0.2, -0.15) is 0 Å².